The second-order valence-corrected chi connectivity index (χ2v) is 5.00. The Labute approximate surface area is 131 Å². The van der Waals surface area contributed by atoms with Crippen LogP contribution in [0.4, 0.5) is 22.0 Å². The first kappa shape index (κ1) is 14.7. The van der Waals surface area contributed by atoms with Crippen molar-refractivity contribution in [1.29, 1.82) is 0 Å². The molecule has 116 valence electrons. The first-order chi connectivity index (χ1) is 11.0. The summed E-state index contributed by atoms with van der Waals surface area (Å²) in [4.78, 5) is 12.1. The molecule has 7 heteroatoms. The van der Waals surface area contributed by atoms with Gasteiger partial charge in [-0.15, -0.1) is 0 Å². The van der Waals surface area contributed by atoms with E-state index in [1.54, 1.807) is 0 Å². The number of nitrogen functional groups attached to an aromatic ring is 1. The number of rotatable bonds is 3. The van der Waals surface area contributed by atoms with E-state index in [-0.39, 0.29) is 29.0 Å². The van der Waals surface area contributed by atoms with Gasteiger partial charge in [-0.25, -0.2) is 4.39 Å². The van der Waals surface area contributed by atoms with Crippen molar-refractivity contribution in [2.24, 2.45) is 0 Å². The predicted octanol–water partition coefficient (Wildman–Crippen LogP) is 3.02. The van der Waals surface area contributed by atoms with Gasteiger partial charge in [0, 0.05) is 5.69 Å². The maximum atomic E-state index is 13.9. The summed E-state index contributed by atoms with van der Waals surface area (Å²) < 4.78 is 13.9. The van der Waals surface area contributed by atoms with Crippen LogP contribution in [0.2, 0.25) is 0 Å². The van der Waals surface area contributed by atoms with E-state index in [4.69, 9.17) is 5.73 Å². The number of hydrogen-bond donors (Lipinski definition) is 3. The first-order valence-electron chi connectivity index (χ1n) is 6.85. The minimum Gasteiger partial charge on any atom is -0.508 e. The van der Waals surface area contributed by atoms with E-state index in [1.165, 1.54) is 12.1 Å². The molecule has 0 bridgehead atoms. The van der Waals surface area contributed by atoms with Crippen LogP contribution in [-0.2, 0) is 0 Å². The van der Waals surface area contributed by atoms with Gasteiger partial charge < -0.3 is 16.2 Å². The molecule has 0 fully saturated rings. The second-order valence-electron chi connectivity index (χ2n) is 5.00. The fourth-order valence-electron chi connectivity index (χ4n) is 2.02. The van der Waals surface area contributed by atoms with Crippen molar-refractivity contribution in [3.05, 3.63) is 53.8 Å². The number of anilines is 3. The molecule has 0 radical (unpaired) electrons. The summed E-state index contributed by atoms with van der Waals surface area (Å²) in [6.45, 7) is 1.98. The zero-order valence-corrected chi connectivity index (χ0v) is 12.3. The molecule has 1 aromatic heterocycles. The van der Waals surface area contributed by atoms with Crippen molar-refractivity contribution in [1.82, 2.24) is 15.0 Å². The molecule has 0 saturated heterocycles. The highest BCUT2D eigenvalue weighted by Crippen LogP contribution is 2.25. The van der Waals surface area contributed by atoms with E-state index in [0.717, 1.165) is 17.3 Å². The number of nitrogens with two attached hydrogens (primary N) is 1. The number of aromatic hydroxyl groups is 1. The van der Waals surface area contributed by atoms with Gasteiger partial charge in [-0.05, 0) is 37.3 Å². The molecule has 0 amide bonds. The molecule has 0 aliphatic heterocycles. The predicted molar refractivity (Wildman–Crippen MR) is 85.8 cm³/mol. The van der Waals surface area contributed by atoms with Gasteiger partial charge in [0.1, 0.15) is 11.6 Å². The largest absolute Gasteiger partial charge is 0.508 e. The molecule has 6 nitrogen and oxygen atoms in total. The van der Waals surface area contributed by atoms with Crippen molar-refractivity contribution in [3.63, 3.8) is 0 Å². The molecule has 2 aromatic carbocycles. The molecule has 1 heterocycles. The average molecular weight is 311 g/mol. The normalized spacial score (nSPS) is 10.5. The summed E-state index contributed by atoms with van der Waals surface area (Å²) in [5.74, 6) is -0.463. The van der Waals surface area contributed by atoms with E-state index in [9.17, 15) is 9.50 Å². The molecule has 4 N–H and O–H groups in total. The zero-order valence-electron chi connectivity index (χ0n) is 12.3. The minimum absolute atomic E-state index is 0.0421. The summed E-state index contributed by atoms with van der Waals surface area (Å²) >= 11 is 0. The van der Waals surface area contributed by atoms with Gasteiger partial charge in [-0.2, -0.15) is 15.0 Å². The van der Waals surface area contributed by atoms with Gasteiger partial charge in [0.05, 0.1) is 5.56 Å². The Morgan fingerprint density at radius 3 is 2.52 bits per heavy atom. The molecule has 0 aliphatic rings. The highest BCUT2D eigenvalue weighted by Gasteiger charge is 2.12. The lowest BCUT2D eigenvalue weighted by atomic mass is 10.2. The van der Waals surface area contributed by atoms with Crippen LogP contribution in [0.3, 0.4) is 0 Å². The van der Waals surface area contributed by atoms with Crippen molar-refractivity contribution >= 4 is 17.6 Å². The van der Waals surface area contributed by atoms with E-state index >= 15 is 0 Å². The Hall–Kier alpha value is -3.22. The number of phenolic OH excluding ortho intramolecular Hbond substituents is 1. The van der Waals surface area contributed by atoms with Gasteiger partial charge in [0.2, 0.25) is 11.9 Å². The van der Waals surface area contributed by atoms with E-state index < -0.39 is 5.82 Å². The van der Waals surface area contributed by atoms with Gasteiger partial charge in [0.25, 0.3) is 0 Å². The van der Waals surface area contributed by atoms with E-state index in [1.807, 2.05) is 31.2 Å². The molecule has 0 aliphatic carbocycles. The molecular weight excluding hydrogens is 297 g/mol. The number of halogens is 1. The molecule has 23 heavy (non-hydrogen) atoms. The lowest BCUT2D eigenvalue weighted by Gasteiger charge is -2.08. The molecule has 0 spiro atoms. The molecule has 3 rings (SSSR count). The van der Waals surface area contributed by atoms with E-state index in [2.05, 4.69) is 20.3 Å². The Morgan fingerprint density at radius 2 is 1.78 bits per heavy atom. The Kier molecular flexibility index (Phi) is 3.76. The Bertz CT molecular complexity index is 852. The third kappa shape index (κ3) is 3.34. The van der Waals surface area contributed by atoms with Gasteiger partial charge in [-0.3, -0.25) is 0 Å². The number of aryl methyl sites for hydroxylation is 1. The van der Waals surface area contributed by atoms with Crippen LogP contribution >= 0.6 is 0 Å². The van der Waals surface area contributed by atoms with Crippen LogP contribution < -0.4 is 11.1 Å². The quantitative estimate of drug-likeness (QED) is 0.688. The van der Waals surface area contributed by atoms with Crippen molar-refractivity contribution in [2.75, 3.05) is 11.1 Å². The van der Waals surface area contributed by atoms with Crippen LogP contribution in [0, 0.1) is 12.7 Å². The smallest absolute Gasteiger partial charge is 0.232 e. The monoisotopic (exact) mass is 311 g/mol. The van der Waals surface area contributed by atoms with Crippen molar-refractivity contribution < 1.29 is 9.50 Å². The van der Waals surface area contributed by atoms with Crippen LogP contribution in [0.5, 0.6) is 5.75 Å². The fraction of sp³-hybridized carbons (Fsp3) is 0.0625. The molecule has 3 aromatic rings. The van der Waals surface area contributed by atoms with Gasteiger partial charge in [0.15, 0.2) is 5.82 Å². The molecule has 0 atom stereocenters. The van der Waals surface area contributed by atoms with Crippen LogP contribution in [-0.4, -0.2) is 20.1 Å². The Balaban J connectivity index is 1.99. The summed E-state index contributed by atoms with van der Waals surface area (Å²) in [6, 6.07) is 11.2. The first-order valence-corrected chi connectivity index (χ1v) is 6.85. The number of benzene rings is 2. The molecule has 0 unspecified atom stereocenters. The van der Waals surface area contributed by atoms with Crippen LogP contribution in [0.1, 0.15) is 5.56 Å². The van der Waals surface area contributed by atoms with Crippen molar-refractivity contribution in [3.8, 4) is 17.1 Å². The number of nitrogens with zero attached hydrogens (tertiary/aromatic N) is 3. The lowest BCUT2D eigenvalue weighted by Crippen LogP contribution is -2.05. The fourth-order valence-corrected chi connectivity index (χ4v) is 2.02. The highest BCUT2D eigenvalue weighted by molar-refractivity contribution is 5.62. The second kappa shape index (κ2) is 5.88. The summed E-state index contributed by atoms with van der Waals surface area (Å²) in [7, 11) is 0. The summed E-state index contributed by atoms with van der Waals surface area (Å²) in [5.41, 5.74) is 7.61. The average Bonchev–Trinajstić information content (AvgIpc) is 2.51. The SMILES string of the molecule is Cc1ccc(Nc2nc(N)nc(-c3cc(O)ccc3F)n2)cc1. The van der Waals surface area contributed by atoms with Crippen molar-refractivity contribution in [2.45, 2.75) is 6.92 Å². The molecular formula is C16H14FN5O. The van der Waals surface area contributed by atoms with Crippen LogP contribution in [0.25, 0.3) is 11.4 Å². The van der Waals surface area contributed by atoms with E-state index in [0.29, 0.717) is 0 Å². The maximum Gasteiger partial charge on any atom is 0.232 e. The van der Waals surface area contributed by atoms with Crippen LogP contribution in [0.15, 0.2) is 42.5 Å². The standard InChI is InChI=1S/C16H14FN5O/c1-9-2-4-10(5-3-9)19-16-21-14(20-15(18)22-16)12-8-11(23)6-7-13(12)17/h2-8,23H,1H3,(H3,18,19,20,21,22). The number of aromatic nitrogens is 3. The number of phenols is 1. The summed E-state index contributed by atoms with van der Waals surface area (Å²) in [5, 5.41) is 12.5. The Morgan fingerprint density at radius 1 is 1.04 bits per heavy atom. The number of hydrogen-bond acceptors (Lipinski definition) is 6. The maximum absolute atomic E-state index is 13.9. The minimum atomic E-state index is -0.560. The van der Waals surface area contributed by atoms with Gasteiger partial charge in [-0.1, -0.05) is 17.7 Å². The van der Waals surface area contributed by atoms with Gasteiger partial charge >= 0.3 is 0 Å². The third-order valence-corrected chi connectivity index (χ3v) is 3.15. The number of nitrogens with one attached hydrogen (secondary N) is 1. The lowest BCUT2D eigenvalue weighted by molar-refractivity contribution is 0.473. The topological polar surface area (TPSA) is 97.0 Å². The third-order valence-electron chi connectivity index (χ3n) is 3.15. The summed E-state index contributed by atoms with van der Waals surface area (Å²) in [6.07, 6.45) is 0. The highest BCUT2D eigenvalue weighted by atomic mass is 19.1. The molecule has 0 saturated carbocycles. The zero-order chi connectivity index (χ0) is 16.4.